The molecule has 0 aliphatic carbocycles. The van der Waals surface area contributed by atoms with Gasteiger partial charge in [-0.15, -0.1) is 0 Å². The van der Waals surface area contributed by atoms with E-state index in [0.29, 0.717) is 30.3 Å². The molecule has 0 spiro atoms. The van der Waals surface area contributed by atoms with E-state index in [1.807, 2.05) is 48.2 Å². The van der Waals surface area contributed by atoms with Crippen LogP contribution in [-0.4, -0.2) is 56.7 Å². The number of hydrogen-bond acceptors (Lipinski definition) is 4. The monoisotopic (exact) mass is 413 g/mol. The van der Waals surface area contributed by atoms with Gasteiger partial charge in [-0.05, 0) is 50.1 Å². The van der Waals surface area contributed by atoms with E-state index in [1.54, 1.807) is 0 Å². The second kappa shape index (κ2) is 8.95. The topological polar surface area (TPSA) is 36.0 Å². The van der Waals surface area contributed by atoms with Crippen molar-refractivity contribution in [3.8, 4) is 5.75 Å². The molecule has 0 aromatic heterocycles. The van der Waals surface area contributed by atoms with Crippen LogP contribution in [0.2, 0.25) is 5.02 Å². The summed E-state index contributed by atoms with van der Waals surface area (Å²) in [4.78, 5) is 19.5. The van der Waals surface area contributed by atoms with Crippen molar-refractivity contribution in [2.24, 2.45) is 0 Å². The van der Waals surface area contributed by atoms with Crippen LogP contribution >= 0.6 is 11.6 Å². The lowest BCUT2D eigenvalue weighted by molar-refractivity contribution is 0.0746. The Balaban J connectivity index is 1.41. The zero-order chi connectivity index (χ0) is 20.2. The van der Waals surface area contributed by atoms with Gasteiger partial charge in [-0.1, -0.05) is 23.7 Å². The maximum absolute atomic E-state index is 13.0. The van der Waals surface area contributed by atoms with Crippen molar-refractivity contribution in [2.45, 2.75) is 19.8 Å². The van der Waals surface area contributed by atoms with E-state index in [1.165, 1.54) is 12.8 Å². The van der Waals surface area contributed by atoms with Crippen LogP contribution in [0.1, 0.15) is 30.1 Å². The summed E-state index contributed by atoms with van der Waals surface area (Å²) in [5.74, 6) is 0.955. The molecule has 2 aliphatic heterocycles. The van der Waals surface area contributed by atoms with Crippen LogP contribution in [0, 0.1) is 0 Å². The van der Waals surface area contributed by atoms with Gasteiger partial charge in [-0.25, -0.2) is 0 Å². The average molecular weight is 414 g/mol. The molecule has 4 rings (SSSR count). The first-order valence-electron chi connectivity index (χ1n) is 10.5. The summed E-state index contributed by atoms with van der Waals surface area (Å²) in [7, 11) is 0. The minimum Gasteiger partial charge on any atom is -0.492 e. The van der Waals surface area contributed by atoms with Crippen LogP contribution in [0.5, 0.6) is 5.75 Å². The summed E-state index contributed by atoms with van der Waals surface area (Å²) in [6, 6.07) is 13.8. The lowest BCUT2D eigenvalue weighted by Crippen LogP contribution is -2.48. The maximum atomic E-state index is 13.0. The molecule has 0 bridgehead atoms. The predicted octanol–water partition coefficient (Wildman–Crippen LogP) is 4.30. The molecule has 6 heteroatoms. The summed E-state index contributed by atoms with van der Waals surface area (Å²) >= 11 is 6.51. The Morgan fingerprint density at radius 3 is 2.31 bits per heavy atom. The van der Waals surface area contributed by atoms with Crippen LogP contribution in [-0.2, 0) is 0 Å². The van der Waals surface area contributed by atoms with Crippen LogP contribution < -0.4 is 14.5 Å². The number of rotatable bonds is 5. The molecular weight excluding hydrogens is 386 g/mol. The molecule has 2 fully saturated rings. The third-order valence-electron chi connectivity index (χ3n) is 5.71. The van der Waals surface area contributed by atoms with Gasteiger partial charge in [0.25, 0.3) is 5.91 Å². The molecule has 0 radical (unpaired) electrons. The van der Waals surface area contributed by atoms with E-state index >= 15 is 0 Å². The van der Waals surface area contributed by atoms with Gasteiger partial charge in [0.05, 0.1) is 23.0 Å². The fourth-order valence-electron chi connectivity index (χ4n) is 4.18. The SMILES string of the molecule is CCOc1ccccc1N1CCN(C(=O)c2ccc(N3CCCC3)c(Cl)c2)CC1. The predicted molar refractivity (Wildman–Crippen MR) is 119 cm³/mol. The average Bonchev–Trinajstić information content (AvgIpc) is 3.28. The Labute approximate surface area is 177 Å². The number of piperazine rings is 1. The van der Waals surface area contributed by atoms with Gasteiger partial charge in [0.1, 0.15) is 5.75 Å². The van der Waals surface area contributed by atoms with Gasteiger partial charge < -0.3 is 19.4 Å². The first kappa shape index (κ1) is 19.9. The molecule has 29 heavy (non-hydrogen) atoms. The van der Waals surface area contributed by atoms with Crippen LogP contribution in [0.25, 0.3) is 0 Å². The number of carbonyl (C=O) groups excluding carboxylic acids is 1. The Bertz CT molecular complexity index is 859. The Kier molecular flexibility index (Phi) is 6.14. The number of carbonyl (C=O) groups is 1. The van der Waals surface area contributed by atoms with Crippen molar-refractivity contribution in [3.05, 3.63) is 53.1 Å². The highest BCUT2D eigenvalue weighted by Gasteiger charge is 2.25. The number of anilines is 2. The summed E-state index contributed by atoms with van der Waals surface area (Å²) in [5.41, 5.74) is 2.80. The van der Waals surface area contributed by atoms with Crippen molar-refractivity contribution in [3.63, 3.8) is 0 Å². The second-order valence-corrected chi connectivity index (χ2v) is 7.95. The lowest BCUT2D eigenvalue weighted by atomic mass is 10.1. The zero-order valence-corrected chi connectivity index (χ0v) is 17.7. The number of hydrogen-bond donors (Lipinski definition) is 0. The Hall–Kier alpha value is -2.40. The highest BCUT2D eigenvalue weighted by Crippen LogP contribution is 2.31. The van der Waals surface area contributed by atoms with Crippen molar-refractivity contribution in [1.82, 2.24) is 4.90 Å². The summed E-state index contributed by atoms with van der Waals surface area (Å²) < 4.78 is 5.76. The van der Waals surface area contributed by atoms with Crippen molar-refractivity contribution in [2.75, 3.05) is 55.7 Å². The van der Waals surface area contributed by atoms with Gasteiger partial charge >= 0.3 is 0 Å². The van der Waals surface area contributed by atoms with Gasteiger partial charge in [-0.3, -0.25) is 4.79 Å². The molecule has 5 nitrogen and oxygen atoms in total. The van der Waals surface area contributed by atoms with E-state index < -0.39 is 0 Å². The number of para-hydroxylation sites is 2. The zero-order valence-electron chi connectivity index (χ0n) is 16.9. The first-order valence-corrected chi connectivity index (χ1v) is 10.9. The van der Waals surface area contributed by atoms with Gasteiger partial charge in [0.2, 0.25) is 0 Å². The highest BCUT2D eigenvalue weighted by atomic mass is 35.5. The standard InChI is InChI=1S/C23H28ClN3O2/c1-2-29-22-8-4-3-7-21(22)26-13-15-27(16-14-26)23(28)18-9-10-20(19(24)17-18)25-11-5-6-12-25/h3-4,7-10,17H,2,5-6,11-16H2,1H3. The third kappa shape index (κ3) is 4.30. The summed E-state index contributed by atoms with van der Waals surface area (Å²) in [5, 5.41) is 0.669. The second-order valence-electron chi connectivity index (χ2n) is 7.54. The molecule has 0 saturated carbocycles. The maximum Gasteiger partial charge on any atom is 0.254 e. The number of amides is 1. The smallest absolute Gasteiger partial charge is 0.254 e. The minimum atomic E-state index is 0.0533. The summed E-state index contributed by atoms with van der Waals surface area (Å²) in [6.07, 6.45) is 2.40. The fourth-order valence-corrected chi connectivity index (χ4v) is 4.48. The minimum absolute atomic E-state index is 0.0533. The van der Waals surface area contributed by atoms with E-state index in [0.717, 1.165) is 43.3 Å². The molecule has 0 unspecified atom stereocenters. The number of nitrogens with zero attached hydrogens (tertiary/aromatic N) is 3. The summed E-state index contributed by atoms with van der Waals surface area (Å²) in [6.45, 7) is 7.66. The fraction of sp³-hybridized carbons (Fsp3) is 0.435. The van der Waals surface area contributed by atoms with Crippen molar-refractivity contribution >= 4 is 28.9 Å². The van der Waals surface area contributed by atoms with Crippen LogP contribution in [0.3, 0.4) is 0 Å². The Morgan fingerprint density at radius 1 is 0.931 bits per heavy atom. The number of benzene rings is 2. The van der Waals surface area contributed by atoms with Gasteiger partial charge in [0.15, 0.2) is 0 Å². The van der Waals surface area contributed by atoms with Gasteiger partial charge in [0, 0.05) is 44.8 Å². The molecule has 2 heterocycles. The molecule has 0 N–H and O–H groups in total. The Morgan fingerprint density at radius 2 is 1.62 bits per heavy atom. The molecule has 2 saturated heterocycles. The van der Waals surface area contributed by atoms with Gasteiger partial charge in [-0.2, -0.15) is 0 Å². The largest absolute Gasteiger partial charge is 0.492 e. The molecule has 1 amide bonds. The number of ether oxygens (including phenoxy) is 1. The first-order chi connectivity index (χ1) is 14.2. The van der Waals surface area contributed by atoms with E-state index in [2.05, 4.69) is 15.9 Å². The molecule has 0 atom stereocenters. The highest BCUT2D eigenvalue weighted by molar-refractivity contribution is 6.33. The van der Waals surface area contributed by atoms with E-state index in [-0.39, 0.29) is 5.91 Å². The van der Waals surface area contributed by atoms with Crippen LogP contribution in [0.4, 0.5) is 11.4 Å². The lowest BCUT2D eigenvalue weighted by Gasteiger charge is -2.36. The third-order valence-corrected chi connectivity index (χ3v) is 6.02. The number of halogens is 1. The normalized spacial score (nSPS) is 17.0. The van der Waals surface area contributed by atoms with Crippen LogP contribution in [0.15, 0.2) is 42.5 Å². The molecular formula is C23H28ClN3O2. The molecule has 2 aromatic rings. The quantitative estimate of drug-likeness (QED) is 0.732. The molecule has 2 aliphatic rings. The van der Waals surface area contributed by atoms with E-state index in [9.17, 15) is 4.79 Å². The van der Waals surface area contributed by atoms with Crippen molar-refractivity contribution in [1.29, 1.82) is 0 Å². The molecule has 2 aromatic carbocycles. The molecule has 154 valence electrons. The van der Waals surface area contributed by atoms with E-state index in [4.69, 9.17) is 16.3 Å². The van der Waals surface area contributed by atoms with Crippen molar-refractivity contribution < 1.29 is 9.53 Å².